The molecule has 2 aliphatic carbocycles. The fourth-order valence-corrected chi connectivity index (χ4v) is 3.84. The van der Waals surface area contributed by atoms with Crippen molar-refractivity contribution in [2.45, 2.75) is 58.9 Å². The molecular weight excluding hydrogens is 312 g/mol. The molecule has 0 unspecified atom stereocenters. The molecule has 1 aliphatic heterocycles. The first-order valence-corrected chi connectivity index (χ1v) is 9.66. The number of hydrazone groups is 1. The highest BCUT2D eigenvalue weighted by molar-refractivity contribution is 6.28. The Morgan fingerprint density at radius 1 is 1.16 bits per heavy atom. The van der Waals surface area contributed by atoms with Crippen LogP contribution in [-0.4, -0.2) is 34.6 Å². The van der Waals surface area contributed by atoms with Gasteiger partial charge in [0.2, 0.25) is 0 Å². The lowest BCUT2D eigenvalue weighted by Gasteiger charge is -2.19. The summed E-state index contributed by atoms with van der Waals surface area (Å²) in [6.07, 6.45) is 6.88. The summed E-state index contributed by atoms with van der Waals surface area (Å²) in [6, 6.07) is 0. The van der Waals surface area contributed by atoms with Crippen LogP contribution in [0.4, 0.5) is 0 Å². The second-order valence-electron chi connectivity index (χ2n) is 7.56. The first-order chi connectivity index (χ1) is 12.1. The molecule has 2 N–H and O–H groups in total. The molecule has 134 valence electrons. The number of nitrogens with one attached hydrogen (secondary N) is 2. The molecule has 0 saturated heterocycles. The minimum absolute atomic E-state index is 0.0545. The van der Waals surface area contributed by atoms with Gasteiger partial charge in [0.1, 0.15) is 0 Å². The molecule has 5 heteroatoms. The summed E-state index contributed by atoms with van der Waals surface area (Å²) < 4.78 is 0. The van der Waals surface area contributed by atoms with E-state index in [-0.39, 0.29) is 5.91 Å². The molecular formula is C20H28N4O. The van der Waals surface area contributed by atoms with Crippen LogP contribution in [0.3, 0.4) is 0 Å². The SMILES string of the molecule is CCN(CC)Cc1c(C)[nH]c(C=C2C(=O)NN=C2C2CC2)c1C1CC1. The van der Waals surface area contributed by atoms with Gasteiger partial charge in [-0.1, -0.05) is 13.8 Å². The summed E-state index contributed by atoms with van der Waals surface area (Å²) in [4.78, 5) is 18.3. The summed E-state index contributed by atoms with van der Waals surface area (Å²) in [7, 11) is 0. The van der Waals surface area contributed by atoms with Crippen LogP contribution in [0.25, 0.3) is 6.08 Å². The minimum Gasteiger partial charge on any atom is -0.359 e. The Bertz CT molecular complexity index is 746. The van der Waals surface area contributed by atoms with Crippen molar-refractivity contribution in [1.29, 1.82) is 0 Å². The Kier molecular flexibility index (Phi) is 4.28. The number of carbonyl (C=O) groups excluding carboxylic acids is 1. The van der Waals surface area contributed by atoms with Crippen molar-refractivity contribution in [3.8, 4) is 0 Å². The average molecular weight is 340 g/mol. The van der Waals surface area contributed by atoms with E-state index in [0.29, 0.717) is 11.8 Å². The van der Waals surface area contributed by atoms with Crippen molar-refractivity contribution in [2.24, 2.45) is 11.0 Å². The first kappa shape index (κ1) is 16.6. The number of aromatic nitrogens is 1. The van der Waals surface area contributed by atoms with Gasteiger partial charge in [0.05, 0.1) is 11.3 Å². The molecule has 1 amide bonds. The lowest BCUT2D eigenvalue weighted by molar-refractivity contribution is -0.116. The Balaban J connectivity index is 1.71. The van der Waals surface area contributed by atoms with Crippen LogP contribution in [0.2, 0.25) is 0 Å². The van der Waals surface area contributed by atoms with Gasteiger partial charge in [0.15, 0.2) is 0 Å². The molecule has 1 aromatic rings. The Hall–Kier alpha value is -1.88. The molecule has 0 aromatic carbocycles. The van der Waals surface area contributed by atoms with E-state index >= 15 is 0 Å². The third kappa shape index (κ3) is 3.17. The highest BCUT2D eigenvalue weighted by Gasteiger charge is 2.37. The van der Waals surface area contributed by atoms with E-state index in [1.165, 1.54) is 29.7 Å². The van der Waals surface area contributed by atoms with Crippen molar-refractivity contribution >= 4 is 17.7 Å². The Morgan fingerprint density at radius 2 is 1.84 bits per heavy atom. The second-order valence-corrected chi connectivity index (χ2v) is 7.56. The van der Waals surface area contributed by atoms with Crippen LogP contribution in [-0.2, 0) is 11.3 Å². The largest absolute Gasteiger partial charge is 0.359 e. The maximum atomic E-state index is 12.3. The molecule has 5 nitrogen and oxygen atoms in total. The van der Waals surface area contributed by atoms with E-state index in [0.717, 1.165) is 49.5 Å². The van der Waals surface area contributed by atoms with Crippen LogP contribution in [0.5, 0.6) is 0 Å². The number of hydrogen-bond acceptors (Lipinski definition) is 3. The zero-order valence-electron chi connectivity index (χ0n) is 15.5. The molecule has 0 bridgehead atoms. The molecule has 1 aromatic heterocycles. The second kappa shape index (κ2) is 6.45. The maximum absolute atomic E-state index is 12.3. The summed E-state index contributed by atoms with van der Waals surface area (Å²) in [6.45, 7) is 9.70. The van der Waals surface area contributed by atoms with E-state index < -0.39 is 0 Å². The number of nitrogens with zero attached hydrogens (tertiary/aromatic N) is 2. The number of carbonyl (C=O) groups is 1. The molecule has 2 fully saturated rings. The zero-order chi connectivity index (χ0) is 17.6. The summed E-state index contributed by atoms with van der Waals surface area (Å²) in [5.41, 5.74) is 9.62. The van der Waals surface area contributed by atoms with E-state index in [2.05, 4.69) is 47.3 Å². The molecule has 2 heterocycles. The van der Waals surface area contributed by atoms with Gasteiger partial charge in [-0.15, -0.1) is 0 Å². The van der Waals surface area contributed by atoms with Crippen molar-refractivity contribution in [2.75, 3.05) is 13.1 Å². The normalized spacial score (nSPS) is 22.0. The topological polar surface area (TPSA) is 60.5 Å². The summed E-state index contributed by atoms with van der Waals surface area (Å²) >= 11 is 0. The summed E-state index contributed by atoms with van der Waals surface area (Å²) in [5, 5.41) is 4.28. The van der Waals surface area contributed by atoms with E-state index in [1.54, 1.807) is 0 Å². The van der Waals surface area contributed by atoms with Gasteiger partial charge in [-0.2, -0.15) is 5.10 Å². The zero-order valence-corrected chi connectivity index (χ0v) is 15.5. The fraction of sp³-hybridized carbons (Fsp3) is 0.600. The van der Waals surface area contributed by atoms with E-state index in [1.807, 2.05) is 0 Å². The predicted octanol–water partition coefficient (Wildman–Crippen LogP) is 3.32. The van der Waals surface area contributed by atoms with Crippen molar-refractivity contribution in [1.82, 2.24) is 15.3 Å². The monoisotopic (exact) mass is 340 g/mol. The average Bonchev–Trinajstić information content (AvgIpc) is 3.52. The summed E-state index contributed by atoms with van der Waals surface area (Å²) in [5.74, 6) is 1.06. The number of rotatable bonds is 7. The predicted molar refractivity (Wildman–Crippen MR) is 100 cm³/mol. The number of amides is 1. The maximum Gasteiger partial charge on any atom is 0.273 e. The first-order valence-electron chi connectivity index (χ1n) is 9.66. The molecule has 0 atom stereocenters. The molecule has 0 radical (unpaired) electrons. The molecule has 2 saturated carbocycles. The van der Waals surface area contributed by atoms with Crippen LogP contribution >= 0.6 is 0 Å². The lowest BCUT2D eigenvalue weighted by Crippen LogP contribution is -2.22. The van der Waals surface area contributed by atoms with Gasteiger partial charge in [-0.05, 0) is 68.8 Å². The van der Waals surface area contributed by atoms with Crippen molar-refractivity contribution < 1.29 is 4.79 Å². The number of hydrogen-bond donors (Lipinski definition) is 2. The number of aromatic amines is 1. The quantitative estimate of drug-likeness (QED) is 0.748. The van der Waals surface area contributed by atoms with E-state index in [4.69, 9.17) is 0 Å². The van der Waals surface area contributed by atoms with E-state index in [9.17, 15) is 4.79 Å². The third-order valence-electron chi connectivity index (χ3n) is 5.70. The number of H-pyrrole nitrogens is 1. The van der Waals surface area contributed by atoms with Gasteiger partial charge in [-0.25, -0.2) is 5.43 Å². The number of aryl methyl sites for hydroxylation is 1. The fourth-order valence-electron chi connectivity index (χ4n) is 3.84. The van der Waals surface area contributed by atoms with Crippen LogP contribution in [0, 0.1) is 12.8 Å². The molecule has 0 spiro atoms. The van der Waals surface area contributed by atoms with Crippen LogP contribution < -0.4 is 5.43 Å². The lowest BCUT2D eigenvalue weighted by atomic mass is 10.00. The minimum atomic E-state index is -0.0545. The third-order valence-corrected chi connectivity index (χ3v) is 5.70. The molecule has 25 heavy (non-hydrogen) atoms. The highest BCUT2D eigenvalue weighted by atomic mass is 16.2. The highest BCUT2D eigenvalue weighted by Crippen LogP contribution is 2.45. The standard InChI is InChI=1S/C20H28N4O/c1-4-24(5-2)11-16-12(3)21-17(18(16)13-6-7-13)10-15-19(14-8-9-14)22-23-20(15)25/h10,13-14,21H,4-9,11H2,1-3H3,(H,23,25). The van der Waals surface area contributed by atoms with Crippen molar-refractivity contribution in [3.63, 3.8) is 0 Å². The van der Waals surface area contributed by atoms with Gasteiger partial charge in [-0.3, -0.25) is 9.69 Å². The molecule has 3 aliphatic rings. The van der Waals surface area contributed by atoms with Crippen LogP contribution in [0.15, 0.2) is 10.7 Å². The molecule has 4 rings (SSSR count). The van der Waals surface area contributed by atoms with Gasteiger partial charge < -0.3 is 4.98 Å². The smallest absolute Gasteiger partial charge is 0.273 e. The van der Waals surface area contributed by atoms with Gasteiger partial charge in [0.25, 0.3) is 5.91 Å². The Morgan fingerprint density at radius 3 is 2.44 bits per heavy atom. The van der Waals surface area contributed by atoms with Crippen LogP contribution in [0.1, 0.15) is 68.0 Å². The Labute approximate surface area is 149 Å². The van der Waals surface area contributed by atoms with Gasteiger partial charge >= 0.3 is 0 Å². The van der Waals surface area contributed by atoms with Crippen molar-refractivity contribution in [3.05, 3.63) is 28.1 Å². The van der Waals surface area contributed by atoms with Gasteiger partial charge in [0, 0.05) is 23.9 Å².